The fourth-order valence-corrected chi connectivity index (χ4v) is 3.49. The van der Waals surface area contributed by atoms with Crippen LogP contribution >= 0.6 is 0 Å². The van der Waals surface area contributed by atoms with E-state index in [0.29, 0.717) is 30.5 Å². The quantitative estimate of drug-likeness (QED) is 0.358. The Hall–Kier alpha value is -4.11. The zero-order valence-corrected chi connectivity index (χ0v) is 17.7. The predicted octanol–water partition coefficient (Wildman–Crippen LogP) is 4.05. The summed E-state index contributed by atoms with van der Waals surface area (Å²) in [5.74, 6) is 1.90. The Labute approximate surface area is 184 Å². The van der Waals surface area contributed by atoms with Crippen molar-refractivity contribution in [3.63, 3.8) is 0 Å². The average Bonchev–Trinajstić information content (AvgIpc) is 3.48. The summed E-state index contributed by atoms with van der Waals surface area (Å²) < 4.78 is 18.2. The average molecular weight is 430 g/mol. The van der Waals surface area contributed by atoms with Gasteiger partial charge >= 0.3 is 0 Å². The molecule has 0 aliphatic heterocycles. The predicted molar refractivity (Wildman–Crippen MR) is 122 cm³/mol. The topological polar surface area (TPSA) is 98.6 Å². The first-order chi connectivity index (χ1) is 15.7. The second-order valence-corrected chi connectivity index (χ2v) is 7.14. The molecule has 0 spiro atoms. The van der Waals surface area contributed by atoms with Crippen LogP contribution in [0.15, 0.2) is 61.2 Å². The SMILES string of the molecule is COCCOc1ccc(Nc2nc(-c3ccc4cn[nH]c4c3)cn3ccnc23)cc1OC. The molecule has 0 saturated heterocycles. The second-order valence-electron chi connectivity index (χ2n) is 7.14. The molecule has 9 heteroatoms. The fraction of sp³-hybridized carbons (Fsp3) is 0.174. The Morgan fingerprint density at radius 3 is 2.88 bits per heavy atom. The van der Waals surface area contributed by atoms with E-state index in [1.807, 2.05) is 53.2 Å². The van der Waals surface area contributed by atoms with Gasteiger partial charge in [0, 0.05) is 48.4 Å². The van der Waals surface area contributed by atoms with Crippen molar-refractivity contribution in [3.8, 4) is 22.8 Å². The van der Waals surface area contributed by atoms with Gasteiger partial charge in [0.05, 0.1) is 31.1 Å². The van der Waals surface area contributed by atoms with E-state index in [4.69, 9.17) is 19.2 Å². The van der Waals surface area contributed by atoms with Gasteiger partial charge in [-0.25, -0.2) is 9.97 Å². The highest BCUT2D eigenvalue weighted by Crippen LogP contribution is 2.32. The van der Waals surface area contributed by atoms with Gasteiger partial charge in [-0.1, -0.05) is 12.1 Å². The molecule has 3 aromatic heterocycles. The molecule has 9 nitrogen and oxygen atoms in total. The van der Waals surface area contributed by atoms with Gasteiger partial charge in [-0.3, -0.25) is 5.10 Å². The summed E-state index contributed by atoms with van der Waals surface area (Å²) in [6.45, 7) is 0.945. The van der Waals surface area contributed by atoms with Crippen LogP contribution in [0.25, 0.3) is 27.8 Å². The third-order valence-corrected chi connectivity index (χ3v) is 5.08. The van der Waals surface area contributed by atoms with E-state index in [-0.39, 0.29) is 0 Å². The first-order valence-electron chi connectivity index (χ1n) is 10.1. The molecule has 32 heavy (non-hydrogen) atoms. The van der Waals surface area contributed by atoms with E-state index >= 15 is 0 Å². The molecule has 0 aliphatic rings. The molecule has 0 bridgehead atoms. The highest BCUT2D eigenvalue weighted by atomic mass is 16.5. The largest absolute Gasteiger partial charge is 0.493 e. The maximum absolute atomic E-state index is 5.72. The molecular weight excluding hydrogens is 408 g/mol. The Kier molecular flexibility index (Phi) is 5.30. The lowest BCUT2D eigenvalue weighted by molar-refractivity contribution is 0.144. The van der Waals surface area contributed by atoms with E-state index in [1.54, 1.807) is 26.6 Å². The van der Waals surface area contributed by atoms with Crippen molar-refractivity contribution in [2.75, 3.05) is 32.8 Å². The molecule has 2 N–H and O–H groups in total. The van der Waals surface area contributed by atoms with Gasteiger partial charge in [-0.15, -0.1) is 0 Å². The number of nitrogens with one attached hydrogen (secondary N) is 2. The molecule has 0 atom stereocenters. The molecule has 0 aliphatic carbocycles. The van der Waals surface area contributed by atoms with Gasteiger partial charge in [-0.2, -0.15) is 5.10 Å². The summed E-state index contributed by atoms with van der Waals surface area (Å²) in [6.07, 6.45) is 7.40. The molecule has 0 unspecified atom stereocenters. The summed E-state index contributed by atoms with van der Waals surface area (Å²) in [6, 6.07) is 11.7. The minimum Gasteiger partial charge on any atom is -0.493 e. The third kappa shape index (κ3) is 3.81. The van der Waals surface area contributed by atoms with Crippen molar-refractivity contribution in [2.24, 2.45) is 0 Å². The van der Waals surface area contributed by atoms with Crippen molar-refractivity contribution in [2.45, 2.75) is 0 Å². The van der Waals surface area contributed by atoms with Crippen molar-refractivity contribution >= 4 is 28.1 Å². The molecule has 0 saturated carbocycles. The molecule has 5 aromatic rings. The van der Waals surface area contributed by atoms with E-state index in [1.165, 1.54) is 0 Å². The van der Waals surface area contributed by atoms with Gasteiger partial charge in [0.25, 0.3) is 0 Å². The third-order valence-electron chi connectivity index (χ3n) is 5.08. The number of hydrogen-bond acceptors (Lipinski definition) is 7. The normalized spacial score (nSPS) is 11.2. The van der Waals surface area contributed by atoms with Crippen LogP contribution in [0, 0.1) is 0 Å². The van der Waals surface area contributed by atoms with E-state index in [9.17, 15) is 0 Å². The lowest BCUT2D eigenvalue weighted by Gasteiger charge is -2.14. The zero-order valence-electron chi connectivity index (χ0n) is 17.7. The van der Waals surface area contributed by atoms with Gasteiger partial charge in [-0.05, 0) is 18.2 Å². The van der Waals surface area contributed by atoms with Crippen LogP contribution in [0.1, 0.15) is 0 Å². The molecule has 0 amide bonds. The van der Waals surface area contributed by atoms with Crippen LogP contribution in [-0.4, -0.2) is 52.0 Å². The van der Waals surface area contributed by atoms with Crippen LogP contribution in [0.4, 0.5) is 11.5 Å². The second kappa shape index (κ2) is 8.56. The molecule has 162 valence electrons. The summed E-state index contributed by atoms with van der Waals surface area (Å²) in [7, 11) is 3.25. The number of benzene rings is 2. The molecule has 3 heterocycles. The maximum atomic E-state index is 5.72. The van der Waals surface area contributed by atoms with E-state index < -0.39 is 0 Å². The van der Waals surface area contributed by atoms with Crippen LogP contribution in [0.5, 0.6) is 11.5 Å². The first kappa shape index (κ1) is 19.8. The van der Waals surface area contributed by atoms with Crippen LogP contribution in [0.2, 0.25) is 0 Å². The minimum absolute atomic E-state index is 0.443. The monoisotopic (exact) mass is 430 g/mol. The smallest absolute Gasteiger partial charge is 0.180 e. The lowest BCUT2D eigenvalue weighted by Crippen LogP contribution is -2.05. The lowest BCUT2D eigenvalue weighted by atomic mass is 10.1. The Balaban J connectivity index is 1.49. The maximum Gasteiger partial charge on any atom is 0.180 e. The van der Waals surface area contributed by atoms with Crippen molar-refractivity contribution in [1.82, 2.24) is 24.6 Å². The standard InChI is InChI=1S/C23H22N6O3/c1-30-9-10-32-20-6-5-17(12-21(20)31-2)26-22-23-24-7-8-29(23)14-19(27-22)15-3-4-16-13-25-28-18(16)11-15/h3-8,11-14H,9-10H2,1-2H3,(H,25,28)(H,26,27). The first-order valence-corrected chi connectivity index (χ1v) is 10.1. The van der Waals surface area contributed by atoms with Crippen molar-refractivity contribution in [3.05, 3.63) is 61.2 Å². The summed E-state index contributed by atoms with van der Waals surface area (Å²) in [5, 5.41) is 11.5. The van der Waals surface area contributed by atoms with Crippen LogP contribution < -0.4 is 14.8 Å². The number of methoxy groups -OCH3 is 2. The number of aromatic nitrogens is 5. The van der Waals surface area contributed by atoms with Gasteiger partial charge < -0.3 is 23.9 Å². The molecule has 5 rings (SSSR count). The number of anilines is 2. The number of fused-ring (bicyclic) bond motifs is 2. The number of aromatic amines is 1. The van der Waals surface area contributed by atoms with Gasteiger partial charge in [0.1, 0.15) is 6.61 Å². The highest BCUT2D eigenvalue weighted by Gasteiger charge is 2.12. The summed E-state index contributed by atoms with van der Waals surface area (Å²) in [5.41, 5.74) is 4.26. The zero-order chi connectivity index (χ0) is 21.9. The molecule has 2 aromatic carbocycles. The van der Waals surface area contributed by atoms with Gasteiger partial charge in [0.2, 0.25) is 0 Å². The number of imidazole rings is 1. The van der Waals surface area contributed by atoms with Gasteiger partial charge in [0.15, 0.2) is 23.0 Å². The Morgan fingerprint density at radius 2 is 2.00 bits per heavy atom. The summed E-state index contributed by atoms with van der Waals surface area (Å²) in [4.78, 5) is 9.30. The molecule has 0 radical (unpaired) electrons. The summed E-state index contributed by atoms with van der Waals surface area (Å²) >= 11 is 0. The van der Waals surface area contributed by atoms with E-state index in [0.717, 1.165) is 33.5 Å². The van der Waals surface area contributed by atoms with Crippen molar-refractivity contribution < 1.29 is 14.2 Å². The molecular formula is C23H22N6O3. The highest BCUT2D eigenvalue weighted by molar-refractivity contribution is 5.84. The number of rotatable bonds is 8. The molecule has 0 fully saturated rings. The van der Waals surface area contributed by atoms with E-state index in [2.05, 4.69) is 20.5 Å². The van der Waals surface area contributed by atoms with Crippen LogP contribution in [0.3, 0.4) is 0 Å². The fourth-order valence-electron chi connectivity index (χ4n) is 3.49. The number of nitrogens with zero attached hydrogens (tertiary/aromatic N) is 4. The Morgan fingerprint density at radius 1 is 1.06 bits per heavy atom. The Bertz CT molecular complexity index is 1380. The van der Waals surface area contributed by atoms with Crippen LogP contribution in [-0.2, 0) is 4.74 Å². The number of hydrogen-bond donors (Lipinski definition) is 2. The minimum atomic E-state index is 0.443. The van der Waals surface area contributed by atoms with Crippen molar-refractivity contribution in [1.29, 1.82) is 0 Å². The number of ether oxygens (including phenoxy) is 3. The number of H-pyrrole nitrogens is 1.